The zero-order chi connectivity index (χ0) is 11.7. The summed E-state index contributed by atoms with van der Waals surface area (Å²) in [6.45, 7) is 6.00. The molecule has 0 radical (unpaired) electrons. The summed E-state index contributed by atoms with van der Waals surface area (Å²) >= 11 is 0. The fraction of sp³-hybridized carbons (Fsp3) is 0.769. The molecule has 2 saturated heterocycles. The van der Waals surface area contributed by atoms with Crippen molar-refractivity contribution in [1.29, 1.82) is 0 Å². The number of likely N-dealkylation sites (tertiary alicyclic amines) is 1. The number of piperidine rings is 1. The molecule has 3 rings (SSSR count). The van der Waals surface area contributed by atoms with Gasteiger partial charge in [-0.25, -0.2) is 0 Å². The van der Waals surface area contributed by atoms with Crippen molar-refractivity contribution in [3.8, 4) is 0 Å². The van der Waals surface area contributed by atoms with E-state index in [1.54, 1.807) is 0 Å². The smallest absolute Gasteiger partial charge is 0.0534 e. The zero-order valence-corrected chi connectivity index (χ0v) is 10.7. The zero-order valence-electron chi connectivity index (χ0n) is 10.7. The van der Waals surface area contributed by atoms with Crippen molar-refractivity contribution in [3.63, 3.8) is 0 Å². The van der Waals surface area contributed by atoms with Crippen LogP contribution < -0.4 is 5.32 Å². The number of nitrogens with zero attached hydrogens (tertiary/aromatic N) is 3. The SMILES string of the molecule is Cn1cc(CN2CCC[C@]3(CCNC3)C2)cn1. The van der Waals surface area contributed by atoms with Gasteiger partial charge in [0.2, 0.25) is 0 Å². The van der Waals surface area contributed by atoms with Gasteiger partial charge in [0.05, 0.1) is 6.20 Å². The molecule has 0 aromatic carbocycles. The van der Waals surface area contributed by atoms with Crippen molar-refractivity contribution in [2.45, 2.75) is 25.8 Å². The normalized spacial score (nSPS) is 30.2. The van der Waals surface area contributed by atoms with Crippen LogP contribution >= 0.6 is 0 Å². The summed E-state index contributed by atoms with van der Waals surface area (Å²) in [5, 5.41) is 7.78. The molecule has 0 aliphatic carbocycles. The Hall–Kier alpha value is -0.870. The molecule has 1 spiro atoms. The van der Waals surface area contributed by atoms with E-state index in [2.05, 4.69) is 21.5 Å². The highest BCUT2D eigenvalue weighted by atomic mass is 15.2. The summed E-state index contributed by atoms with van der Waals surface area (Å²) in [6, 6.07) is 0. The van der Waals surface area contributed by atoms with Crippen LogP contribution in [-0.2, 0) is 13.6 Å². The second-order valence-electron chi connectivity index (χ2n) is 5.76. The molecule has 0 unspecified atom stereocenters. The molecule has 1 N–H and O–H groups in total. The summed E-state index contributed by atoms with van der Waals surface area (Å²) in [6.07, 6.45) is 8.24. The van der Waals surface area contributed by atoms with Gasteiger partial charge in [0, 0.05) is 38.4 Å². The average molecular weight is 234 g/mol. The van der Waals surface area contributed by atoms with E-state index in [9.17, 15) is 0 Å². The van der Waals surface area contributed by atoms with E-state index in [1.807, 2.05) is 17.9 Å². The Morgan fingerprint density at radius 2 is 2.41 bits per heavy atom. The van der Waals surface area contributed by atoms with Crippen LogP contribution in [0.3, 0.4) is 0 Å². The summed E-state index contributed by atoms with van der Waals surface area (Å²) < 4.78 is 1.90. The Balaban J connectivity index is 1.64. The van der Waals surface area contributed by atoms with Crippen LogP contribution in [0.1, 0.15) is 24.8 Å². The van der Waals surface area contributed by atoms with E-state index in [0.717, 1.165) is 6.54 Å². The number of hydrogen-bond acceptors (Lipinski definition) is 3. The topological polar surface area (TPSA) is 33.1 Å². The molecule has 4 nitrogen and oxygen atoms in total. The first-order valence-electron chi connectivity index (χ1n) is 6.66. The van der Waals surface area contributed by atoms with Gasteiger partial charge in [0.1, 0.15) is 0 Å². The maximum absolute atomic E-state index is 4.25. The molecule has 2 fully saturated rings. The molecule has 2 aliphatic rings. The van der Waals surface area contributed by atoms with Gasteiger partial charge in [-0.2, -0.15) is 5.10 Å². The van der Waals surface area contributed by atoms with Gasteiger partial charge < -0.3 is 5.32 Å². The fourth-order valence-electron chi connectivity index (χ4n) is 3.40. The minimum Gasteiger partial charge on any atom is -0.316 e. The van der Waals surface area contributed by atoms with Gasteiger partial charge in [-0.1, -0.05) is 0 Å². The summed E-state index contributed by atoms with van der Waals surface area (Å²) in [4.78, 5) is 2.60. The van der Waals surface area contributed by atoms with E-state index in [0.29, 0.717) is 5.41 Å². The quantitative estimate of drug-likeness (QED) is 0.828. The van der Waals surface area contributed by atoms with Gasteiger partial charge in [0.15, 0.2) is 0 Å². The molecule has 3 heterocycles. The molecule has 2 aliphatic heterocycles. The van der Waals surface area contributed by atoms with Crippen LogP contribution in [0.2, 0.25) is 0 Å². The van der Waals surface area contributed by atoms with Crippen molar-refractivity contribution in [3.05, 3.63) is 18.0 Å². The lowest BCUT2D eigenvalue weighted by atomic mass is 9.79. The monoisotopic (exact) mass is 234 g/mol. The molecule has 94 valence electrons. The molecular formula is C13H22N4. The van der Waals surface area contributed by atoms with E-state index >= 15 is 0 Å². The predicted octanol–water partition coefficient (Wildman–Crippen LogP) is 0.996. The molecule has 17 heavy (non-hydrogen) atoms. The van der Waals surface area contributed by atoms with Crippen LogP contribution in [0.25, 0.3) is 0 Å². The Kier molecular flexibility index (Phi) is 2.92. The molecule has 0 saturated carbocycles. The number of aromatic nitrogens is 2. The Morgan fingerprint density at radius 3 is 3.12 bits per heavy atom. The Labute approximate surface area is 103 Å². The number of hydrogen-bond donors (Lipinski definition) is 1. The molecule has 0 bridgehead atoms. The van der Waals surface area contributed by atoms with Gasteiger partial charge in [-0.15, -0.1) is 0 Å². The minimum absolute atomic E-state index is 0.570. The van der Waals surface area contributed by atoms with E-state index < -0.39 is 0 Å². The Morgan fingerprint density at radius 1 is 1.47 bits per heavy atom. The van der Waals surface area contributed by atoms with Crippen molar-refractivity contribution in [2.24, 2.45) is 12.5 Å². The van der Waals surface area contributed by atoms with E-state index in [4.69, 9.17) is 0 Å². The average Bonchev–Trinajstić information content (AvgIpc) is 2.89. The lowest BCUT2D eigenvalue weighted by molar-refractivity contribution is 0.0978. The largest absolute Gasteiger partial charge is 0.316 e. The van der Waals surface area contributed by atoms with Crippen LogP contribution in [0.4, 0.5) is 0 Å². The van der Waals surface area contributed by atoms with Gasteiger partial charge in [-0.3, -0.25) is 9.58 Å². The summed E-state index contributed by atoms with van der Waals surface area (Å²) in [7, 11) is 1.99. The van der Waals surface area contributed by atoms with Gasteiger partial charge in [-0.05, 0) is 37.8 Å². The second kappa shape index (κ2) is 4.42. The lowest BCUT2D eigenvalue weighted by Crippen LogP contribution is -2.43. The molecule has 0 amide bonds. The third-order valence-corrected chi connectivity index (χ3v) is 4.24. The third kappa shape index (κ3) is 2.38. The lowest BCUT2D eigenvalue weighted by Gasteiger charge is -2.39. The highest BCUT2D eigenvalue weighted by Gasteiger charge is 2.37. The van der Waals surface area contributed by atoms with Crippen LogP contribution in [0.5, 0.6) is 0 Å². The minimum atomic E-state index is 0.570. The molecule has 4 heteroatoms. The van der Waals surface area contributed by atoms with Crippen LogP contribution in [-0.4, -0.2) is 40.9 Å². The summed E-state index contributed by atoms with van der Waals surface area (Å²) in [5.74, 6) is 0. The van der Waals surface area contributed by atoms with Gasteiger partial charge in [0.25, 0.3) is 0 Å². The summed E-state index contributed by atoms with van der Waals surface area (Å²) in [5.41, 5.74) is 1.91. The van der Waals surface area contributed by atoms with E-state index in [-0.39, 0.29) is 0 Å². The highest BCUT2D eigenvalue weighted by molar-refractivity contribution is 5.04. The van der Waals surface area contributed by atoms with Crippen molar-refractivity contribution >= 4 is 0 Å². The standard InChI is InChI=1S/C13H22N4/c1-16-8-12(7-15-16)9-17-6-2-3-13(11-17)4-5-14-10-13/h7-8,14H,2-6,9-11H2,1H3/t13-/m1/s1. The van der Waals surface area contributed by atoms with Gasteiger partial charge >= 0.3 is 0 Å². The Bertz CT molecular complexity index is 379. The van der Waals surface area contributed by atoms with Crippen molar-refractivity contribution in [1.82, 2.24) is 20.0 Å². The maximum Gasteiger partial charge on any atom is 0.0534 e. The fourth-order valence-corrected chi connectivity index (χ4v) is 3.40. The van der Waals surface area contributed by atoms with Crippen molar-refractivity contribution < 1.29 is 0 Å². The van der Waals surface area contributed by atoms with Crippen LogP contribution in [0.15, 0.2) is 12.4 Å². The highest BCUT2D eigenvalue weighted by Crippen LogP contribution is 2.35. The molecular weight excluding hydrogens is 212 g/mol. The first-order valence-corrected chi connectivity index (χ1v) is 6.66. The maximum atomic E-state index is 4.25. The van der Waals surface area contributed by atoms with Crippen LogP contribution in [0, 0.1) is 5.41 Å². The number of nitrogens with one attached hydrogen (secondary N) is 1. The molecule has 1 aromatic rings. The number of aryl methyl sites for hydroxylation is 1. The van der Waals surface area contributed by atoms with E-state index in [1.165, 1.54) is 51.0 Å². The predicted molar refractivity (Wildman–Crippen MR) is 67.6 cm³/mol. The van der Waals surface area contributed by atoms with Crippen molar-refractivity contribution in [2.75, 3.05) is 26.2 Å². The number of rotatable bonds is 2. The first-order chi connectivity index (χ1) is 8.26. The third-order valence-electron chi connectivity index (χ3n) is 4.24. The molecule has 1 atom stereocenters. The second-order valence-corrected chi connectivity index (χ2v) is 5.76. The first kappa shape index (κ1) is 11.2. The molecule has 1 aromatic heterocycles.